The van der Waals surface area contributed by atoms with Crippen LogP contribution >= 0.6 is 0 Å². The third-order valence-electron chi connectivity index (χ3n) is 4.10. The van der Waals surface area contributed by atoms with Crippen LogP contribution in [-0.4, -0.2) is 41.2 Å². The highest BCUT2D eigenvalue weighted by Gasteiger charge is 2.30. The number of hydrogen-bond acceptors (Lipinski definition) is 5. The Kier molecular flexibility index (Phi) is 5.02. The summed E-state index contributed by atoms with van der Waals surface area (Å²) in [4.78, 5) is 18.7. The molecule has 1 aromatic heterocycles. The molecule has 1 fully saturated rings. The van der Waals surface area contributed by atoms with Gasteiger partial charge in [-0.05, 0) is 25.0 Å². The summed E-state index contributed by atoms with van der Waals surface area (Å²) in [5.41, 5.74) is 0.884. The Balaban J connectivity index is 1.85. The fourth-order valence-electron chi connectivity index (χ4n) is 2.95. The highest BCUT2D eigenvalue weighted by Crippen LogP contribution is 2.30. The Morgan fingerprint density at radius 3 is 2.91 bits per heavy atom. The number of likely N-dealkylation sites (tertiary alicyclic amines) is 1. The first-order valence-electron chi connectivity index (χ1n) is 7.97. The van der Waals surface area contributed by atoms with E-state index in [1.165, 1.54) is 7.11 Å². The fourth-order valence-corrected chi connectivity index (χ4v) is 2.95. The van der Waals surface area contributed by atoms with Gasteiger partial charge in [-0.1, -0.05) is 36.2 Å². The number of aromatic nitrogens is 2. The lowest BCUT2D eigenvalue weighted by Crippen LogP contribution is -2.37. The van der Waals surface area contributed by atoms with Crippen molar-refractivity contribution >= 4 is 5.91 Å². The average Bonchev–Trinajstić information content (AvgIpc) is 2.94. The summed E-state index contributed by atoms with van der Waals surface area (Å²) in [5.74, 6) is 1.05. The number of carbonyl (C=O) groups excluding carboxylic acids is 1. The molecule has 0 radical (unpaired) electrons. The molecule has 122 valence electrons. The monoisotopic (exact) mass is 315 g/mol. The normalized spacial score (nSPS) is 18.7. The molecule has 6 heteroatoms. The molecule has 0 unspecified atom stereocenters. The fraction of sp³-hybridized carbons (Fsp3) is 0.471. The molecule has 0 bridgehead atoms. The van der Waals surface area contributed by atoms with Crippen LogP contribution < -0.4 is 0 Å². The molecular formula is C17H21N3O3. The maximum atomic E-state index is 12.3. The van der Waals surface area contributed by atoms with E-state index in [9.17, 15) is 4.79 Å². The molecule has 1 aliphatic rings. The summed E-state index contributed by atoms with van der Waals surface area (Å²) in [6.07, 6.45) is 4.01. The van der Waals surface area contributed by atoms with E-state index < -0.39 is 0 Å². The SMILES string of the molecule is COCC(=O)N1CCCCC[C@H]1c1noc(-c2ccccc2)n1. The van der Waals surface area contributed by atoms with E-state index >= 15 is 0 Å². The summed E-state index contributed by atoms with van der Waals surface area (Å²) >= 11 is 0. The second-order valence-corrected chi connectivity index (χ2v) is 5.71. The number of amides is 1. The topological polar surface area (TPSA) is 68.5 Å². The lowest BCUT2D eigenvalue weighted by molar-refractivity contribution is -0.137. The van der Waals surface area contributed by atoms with Crippen LogP contribution in [0.5, 0.6) is 0 Å². The van der Waals surface area contributed by atoms with E-state index in [2.05, 4.69) is 10.1 Å². The van der Waals surface area contributed by atoms with Crippen LogP contribution in [0.15, 0.2) is 34.9 Å². The minimum absolute atomic E-state index is 0.0227. The smallest absolute Gasteiger partial charge is 0.257 e. The first-order valence-corrected chi connectivity index (χ1v) is 7.97. The van der Waals surface area contributed by atoms with Crippen LogP contribution in [-0.2, 0) is 9.53 Å². The molecule has 0 aliphatic carbocycles. The van der Waals surface area contributed by atoms with Crippen molar-refractivity contribution in [1.29, 1.82) is 0 Å². The molecule has 1 saturated heterocycles. The van der Waals surface area contributed by atoms with Gasteiger partial charge in [-0.25, -0.2) is 0 Å². The average molecular weight is 315 g/mol. The minimum atomic E-state index is -0.138. The highest BCUT2D eigenvalue weighted by atomic mass is 16.5. The highest BCUT2D eigenvalue weighted by molar-refractivity contribution is 5.77. The third-order valence-corrected chi connectivity index (χ3v) is 4.10. The van der Waals surface area contributed by atoms with E-state index in [1.54, 1.807) is 0 Å². The quantitative estimate of drug-likeness (QED) is 0.868. The van der Waals surface area contributed by atoms with Crippen molar-refractivity contribution < 1.29 is 14.1 Å². The zero-order chi connectivity index (χ0) is 16.1. The number of hydrogen-bond donors (Lipinski definition) is 0. The zero-order valence-corrected chi connectivity index (χ0v) is 13.3. The van der Waals surface area contributed by atoms with Gasteiger partial charge in [0.05, 0.1) is 6.04 Å². The maximum Gasteiger partial charge on any atom is 0.257 e. The van der Waals surface area contributed by atoms with E-state index in [1.807, 2.05) is 35.2 Å². The van der Waals surface area contributed by atoms with Crippen molar-refractivity contribution in [3.8, 4) is 11.5 Å². The first-order chi connectivity index (χ1) is 11.3. The van der Waals surface area contributed by atoms with Gasteiger partial charge in [0.2, 0.25) is 5.91 Å². The molecule has 0 spiro atoms. The second-order valence-electron chi connectivity index (χ2n) is 5.71. The van der Waals surface area contributed by atoms with Crippen molar-refractivity contribution in [2.75, 3.05) is 20.3 Å². The second kappa shape index (κ2) is 7.37. The molecule has 0 N–H and O–H groups in total. The molecule has 3 rings (SSSR count). The minimum Gasteiger partial charge on any atom is -0.375 e. The largest absolute Gasteiger partial charge is 0.375 e. The lowest BCUT2D eigenvalue weighted by Gasteiger charge is -2.27. The summed E-state index contributed by atoms with van der Waals surface area (Å²) in [5, 5.41) is 4.13. The standard InChI is InChI=1S/C17H21N3O3/c1-22-12-15(21)20-11-7-3-6-10-14(20)16-18-17(23-19-16)13-8-4-2-5-9-13/h2,4-5,8-9,14H,3,6-7,10-12H2,1H3/t14-/m0/s1. The van der Waals surface area contributed by atoms with E-state index in [4.69, 9.17) is 9.26 Å². The van der Waals surface area contributed by atoms with Crippen LogP contribution in [0.25, 0.3) is 11.5 Å². The molecule has 1 aliphatic heterocycles. The Labute approximate surface area is 135 Å². The number of carbonyl (C=O) groups is 1. The number of rotatable bonds is 4. The summed E-state index contributed by atoms with van der Waals surface area (Å²) in [6, 6.07) is 9.52. The predicted octanol–water partition coefficient (Wildman–Crippen LogP) is 2.83. The number of ether oxygens (including phenoxy) is 1. The molecule has 2 heterocycles. The van der Waals surface area contributed by atoms with Crippen LogP contribution in [0, 0.1) is 0 Å². The van der Waals surface area contributed by atoms with Gasteiger partial charge in [0, 0.05) is 19.2 Å². The van der Waals surface area contributed by atoms with Crippen LogP contribution in [0.3, 0.4) is 0 Å². The van der Waals surface area contributed by atoms with E-state index in [0.29, 0.717) is 18.3 Å². The van der Waals surface area contributed by atoms with Gasteiger partial charge in [0.15, 0.2) is 5.82 Å². The van der Waals surface area contributed by atoms with Crippen molar-refractivity contribution in [2.24, 2.45) is 0 Å². The number of methoxy groups -OCH3 is 1. The van der Waals surface area contributed by atoms with Crippen LogP contribution in [0.2, 0.25) is 0 Å². The van der Waals surface area contributed by atoms with Crippen LogP contribution in [0.1, 0.15) is 37.5 Å². The Bertz CT molecular complexity index is 642. The Morgan fingerprint density at radius 2 is 2.13 bits per heavy atom. The van der Waals surface area contributed by atoms with Crippen molar-refractivity contribution in [2.45, 2.75) is 31.7 Å². The zero-order valence-electron chi connectivity index (χ0n) is 13.3. The molecule has 2 aromatic rings. The van der Waals surface area contributed by atoms with E-state index in [-0.39, 0.29) is 18.6 Å². The lowest BCUT2D eigenvalue weighted by atomic mass is 10.1. The van der Waals surface area contributed by atoms with Crippen molar-refractivity contribution in [3.63, 3.8) is 0 Å². The maximum absolute atomic E-state index is 12.3. The number of nitrogens with zero attached hydrogens (tertiary/aromatic N) is 3. The molecular weight excluding hydrogens is 294 g/mol. The van der Waals surface area contributed by atoms with Gasteiger partial charge in [-0.3, -0.25) is 4.79 Å². The molecule has 0 saturated carbocycles. The van der Waals surface area contributed by atoms with Crippen LogP contribution in [0.4, 0.5) is 0 Å². The van der Waals surface area contributed by atoms with Gasteiger partial charge in [0.25, 0.3) is 5.89 Å². The summed E-state index contributed by atoms with van der Waals surface area (Å²) in [7, 11) is 1.53. The van der Waals surface area contributed by atoms with Gasteiger partial charge in [-0.15, -0.1) is 0 Å². The first kappa shape index (κ1) is 15.7. The van der Waals surface area contributed by atoms with E-state index in [0.717, 1.165) is 31.2 Å². The van der Waals surface area contributed by atoms with Crippen molar-refractivity contribution in [3.05, 3.63) is 36.2 Å². The summed E-state index contributed by atoms with van der Waals surface area (Å²) < 4.78 is 10.4. The van der Waals surface area contributed by atoms with Gasteiger partial charge in [-0.2, -0.15) is 4.98 Å². The molecule has 1 amide bonds. The Hall–Kier alpha value is -2.21. The third kappa shape index (κ3) is 3.59. The molecule has 6 nitrogen and oxygen atoms in total. The van der Waals surface area contributed by atoms with Gasteiger partial charge < -0.3 is 14.2 Å². The molecule has 1 aromatic carbocycles. The number of benzene rings is 1. The molecule has 1 atom stereocenters. The Morgan fingerprint density at radius 1 is 1.30 bits per heavy atom. The predicted molar refractivity (Wildman–Crippen MR) is 84.5 cm³/mol. The molecule has 23 heavy (non-hydrogen) atoms. The summed E-state index contributed by atoms with van der Waals surface area (Å²) in [6.45, 7) is 0.794. The van der Waals surface area contributed by atoms with Gasteiger partial charge >= 0.3 is 0 Å². The van der Waals surface area contributed by atoms with Gasteiger partial charge in [0.1, 0.15) is 6.61 Å². The van der Waals surface area contributed by atoms with Crippen molar-refractivity contribution in [1.82, 2.24) is 15.0 Å².